The number of benzene rings is 4. The minimum absolute atomic E-state index is 0.328. The average Bonchev–Trinajstić information content (AvgIpc) is 2.90. The molecule has 2 atom stereocenters. The zero-order valence-corrected chi connectivity index (χ0v) is 20.0. The molecule has 4 rings (SSSR count). The van der Waals surface area contributed by atoms with Crippen LogP contribution in [0.25, 0.3) is 0 Å². The van der Waals surface area contributed by atoms with Gasteiger partial charge in [-0.1, -0.05) is 84.9 Å². The van der Waals surface area contributed by atoms with Gasteiger partial charge in [0.2, 0.25) is 0 Å². The van der Waals surface area contributed by atoms with Crippen LogP contribution in [0.3, 0.4) is 0 Å². The Labute approximate surface area is 201 Å². The molecular formula is C30H30O2S. The number of ether oxygens (including phenoxy) is 2. The van der Waals surface area contributed by atoms with Gasteiger partial charge in [-0.25, -0.2) is 0 Å². The summed E-state index contributed by atoms with van der Waals surface area (Å²) in [7, 11) is 3.42. The van der Waals surface area contributed by atoms with E-state index in [1.54, 1.807) is 14.2 Å². The summed E-state index contributed by atoms with van der Waals surface area (Å²) in [5.41, 5.74) is 5.32. The molecule has 0 radical (unpaired) electrons. The van der Waals surface area contributed by atoms with Crippen LogP contribution < -0.4 is 9.47 Å². The second-order valence-corrected chi connectivity index (χ2v) is 9.09. The van der Waals surface area contributed by atoms with Gasteiger partial charge >= 0.3 is 0 Å². The van der Waals surface area contributed by atoms with Crippen molar-refractivity contribution in [2.24, 2.45) is 0 Å². The maximum absolute atomic E-state index is 5.37. The first kappa shape index (κ1) is 23.0. The highest BCUT2D eigenvalue weighted by Gasteiger charge is 2.18. The average molecular weight is 455 g/mol. The van der Waals surface area contributed by atoms with Gasteiger partial charge in [0.1, 0.15) is 11.5 Å². The van der Waals surface area contributed by atoms with Gasteiger partial charge < -0.3 is 9.47 Å². The van der Waals surface area contributed by atoms with Gasteiger partial charge in [-0.2, -0.15) is 11.8 Å². The monoisotopic (exact) mass is 454 g/mol. The second-order valence-electron chi connectivity index (χ2n) is 8.01. The van der Waals surface area contributed by atoms with Gasteiger partial charge in [0.25, 0.3) is 0 Å². The minimum atomic E-state index is 0.328. The van der Waals surface area contributed by atoms with Crippen molar-refractivity contribution in [1.29, 1.82) is 0 Å². The summed E-state index contributed by atoms with van der Waals surface area (Å²) in [6, 6.07) is 38.6. The SMILES string of the molecule is COc1ccc(C(CSCC(c2ccccc2)c2ccc(OC)cc2)c2ccccc2)cc1. The Hall–Kier alpha value is -3.17. The topological polar surface area (TPSA) is 18.5 Å². The van der Waals surface area contributed by atoms with Crippen LogP contribution in [0.2, 0.25) is 0 Å². The highest BCUT2D eigenvalue weighted by atomic mass is 32.2. The zero-order valence-electron chi connectivity index (χ0n) is 19.2. The molecule has 0 aliphatic heterocycles. The molecule has 0 N–H and O–H groups in total. The first-order valence-corrected chi connectivity index (χ1v) is 12.4. The Kier molecular flexibility index (Phi) is 8.10. The Balaban J connectivity index is 1.54. The Bertz CT molecular complexity index is 1000. The molecular weight excluding hydrogens is 424 g/mol. The largest absolute Gasteiger partial charge is 0.497 e. The smallest absolute Gasteiger partial charge is 0.118 e. The third-order valence-electron chi connectivity index (χ3n) is 6.01. The van der Waals surface area contributed by atoms with Crippen molar-refractivity contribution in [2.45, 2.75) is 11.8 Å². The van der Waals surface area contributed by atoms with E-state index >= 15 is 0 Å². The van der Waals surface area contributed by atoms with E-state index in [0.717, 1.165) is 23.0 Å². The molecule has 2 unspecified atom stereocenters. The number of rotatable bonds is 10. The Morgan fingerprint density at radius 1 is 0.485 bits per heavy atom. The summed E-state index contributed by atoms with van der Waals surface area (Å²) in [6.07, 6.45) is 0. The summed E-state index contributed by atoms with van der Waals surface area (Å²) >= 11 is 2.01. The molecule has 0 saturated carbocycles. The fourth-order valence-electron chi connectivity index (χ4n) is 4.12. The molecule has 2 nitrogen and oxygen atoms in total. The molecule has 0 bridgehead atoms. The quantitative estimate of drug-likeness (QED) is 0.249. The van der Waals surface area contributed by atoms with Gasteiger partial charge in [0.05, 0.1) is 14.2 Å². The molecule has 4 aromatic rings. The van der Waals surface area contributed by atoms with Crippen LogP contribution in [0.1, 0.15) is 34.1 Å². The maximum Gasteiger partial charge on any atom is 0.118 e. The first-order valence-electron chi connectivity index (χ1n) is 11.2. The van der Waals surface area contributed by atoms with Crippen molar-refractivity contribution < 1.29 is 9.47 Å². The van der Waals surface area contributed by atoms with Crippen molar-refractivity contribution >= 4 is 11.8 Å². The maximum atomic E-state index is 5.37. The van der Waals surface area contributed by atoms with E-state index in [9.17, 15) is 0 Å². The Morgan fingerprint density at radius 3 is 1.15 bits per heavy atom. The van der Waals surface area contributed by atoms with E-state index in [1.807, 2.05) is 11.8 Å². The summed E-state index contributed by atoms with van der Waals surface area (Å²) < 4.78 is 10.7. The number of methoxy groups -OCH3 is 2. The normalized spacial score (nSPS) is 12.7. The number of hydrogen-bond donors (Lipinski definition) is 0. The van der Waals surface area contributed by atoms with Crippen LogP contribution in [0.5, 0.6) is 11.5 Å². The van der Waals surface area contributed by atoms with Crippen LogP contribution >= 0.6 is 11.8 Å². The minimum Gasteiger partial charge on any atom is -0.497 e. The van der Waals surface area contributed by atoms with E-state index in [0.29, 0.717) is 11.8 Å². The summed E-state index contributed by atoms with van der Waals surface area (Å²) in [5, 5.41) is 0. The van der Waals surface area contributed by atoms with E-state index in [1.165, 1.54) is 22.3 Å². The van der Waals surface area contributed by atoms with Gasteiger partial charge in [-0.05, 0) is 46.5 Å². The van der Waals surface area contributed by atoms with Crippen molar-refractivity contribution in [2.75, 3.05) is 25.7 Å². The van der Waals surface area contributed by atoms with Gasteiger partial charge in [-0.15, -0.1) is 0 Å². The van der Waals surface area contributed by atoms with Gasteiger partial charge in [0.15, 0.2) is 0 Å². The van der Waals surface area contributed by atoms with Gasteiger partial charge in [0, 0.05) is 23.3 Å². The van der Waals surface area contributed by atoms with E-state index < -0.39 is 0 Å². The fourth-order valence-corrected chi connectivity index (χ4v) is 5.49. The predicted molar refractivity (Wildman–Crippen MR) is 140 cm³/mol. The molecule has 0 aliphatic carbocycles. The van der Waals surface area contributed by atoms with Crippen LogP contribution in [-0.4, -0.2) is 25.7 Å². The third kappa shape index (κ3) is 6.00. The lowest BCUT2D eigenvalue weighted by Crippen LogP contribution is -2.09. The van der Waals surface area contributed by atoms with Crippen LogP contribution in [0.15, 0.2) is 109 Å². The molecule has 33 heavy (non-hydrogen) atoms. The molecule has 3 heteroatoms. The Morgan fingerprint density at radius 2 is 0.818 bits per heavy atom. The van der Waals surface area contributed by atoms with Crippen molar-refractivity contribution in [1.82, 2.24) is 0 Å². The van der Waals surface area contributed by atoms with E-state index in [-0.39, 0.29) is 0 Å². The number of thioether (sulfide) groups is 1. The van der Waals surface area contributed by atoms with E-state index in [2.05, 4.69) is 109 Å². The van der Waals surface area contributed by atoms with Gasteiger partial charge in [-0.3, -0.25) is 0 Å². The molecule has 0 heterocycles. The third-order valence-corrected chi connectivity index (χ3v) is 7.15. The summed E-state index contributed by atoms with van der Waals surface area (Å²) in [6.45, 7) is 0. The highest BCUT2D eigenvalue weighted by molar-refractivity contribution is 7.99. The number of hydrogen-bond acceptors (Lipinski definition) is 3. The fraction of sp³-hybridized carbons (Fsp3) is 0.200. The standard InChI is InChI=1S/C30H30O2S/c1-31-27-17-13-25(14-18-27)29(23-9-5-3-6-10-23)21-33-22-30(24-11-7-4-8-12-24)26-15-19-28(32-2)20-16-26/h3-20,29-30H,21-22H2,1-2H3. The molecule has 0 aliphatic rings. The lowest BCUT2D eigenvalue weighted by atomic mass is 9.93. The second kappa shape index (κ2) is 11.6. The van der Waals surface area contributed by atoms with Crippen molar-refractivity contribution in [3.8, 4) is 11.5 Å². The molecule has 0 spiro atoms. The lowest BCUT2D eigenvalue weighted by Gasteiger charge is -2.22. The highest BCUT2D eigenvalue weighted by Crippen LogP contribution is 2.34. The van der Waals surface area contributed by atoms with Crippen LogP contribution in [-0.2, 0) is 0 Å². The molecule has 168 valence electrons. The van der Waals surface area contributed by atoms with Crippen molar-refractivity contribution in [3.63, 3.8) is 0 Å². The molecule has 0 fully saturated rings. The lowest BCUT2D eigenvalue weighted by molar-refractivity contribution is 0.414. The summed E-state index contributed by atoms with van der Waals surface area (Å²) in [5.74, 6) is 4.46. The van der Waals surface area contributed by atoms with Crippen molar-refractivity contribution in [3.05, 3.63) is 131 Å². The molecule has 0 amide bonds. The zero-order chi connectivity index (χ0) is 22.9. The molecule has 4 aromatic carbocycles. The first-order chi connectivity index (χ1) is 16.3. The molecule has 0 aromatic heterocycles. The van der Waals surface area contributed by atoms with Crippen LogP contribution in [0, 0.1) is 0 Å². The summed E-state index contributed by atoms with van der Waals surface area (Å²) in [4.78, 5) is 0. The predicted octanol–water partition coefficient (Wildman–Crippen LogP) is 7.40. The van der Waals surface area contributed by atoms with E-state index in [4.69, 9.17) is 9.47 Å². The van der Waals surface area contributed by atoms with Crippen LogP contribution in [0.4, 0.5) is 0 Å². The molecule has 0 saturated heterocycles.